The number of amides is 1. The third kappa shape index (κ3) is 3.09. The first-order valence-corrected chi connectivity index (χ1v) is 4.50. The number of nitrogens with one attached hydrogen (secondary N) is 1. The second kappa shape index (κ2) is 3.70. The molecule has 0 spiro atoms. The van der Waals surface area contributed by atoms with Gasteiger partial charge in [-0.1, -0.05) is 6.07 Å². The van der Waals surface area contributed by atoms with Gasteiger partial charge in [0.2, 0.25) is 0 Å². The summed E-state index contributed by atoms with van der Waals surface area (Å²) < 4.78 is 0. The molecule has 76 valence electrons. The average Bonchev–Trinajstić information content (AvgIpc) is 2.01. The van der Waals surface area contributed by atoms with Gasteiger partial charge in [0.05, 0.1) is 0 Å². The Kier molecular flexibility index (Phi) is 2.79. The lowest BCUT2D eigenvalue weighted by Gasteiger charge is -2.20. The lowest BCUT2D eigenvalue weighted by Crippen LogP contribution is -2.40. The van der Waals surface area contributed by atoms with Crippen molar-refractivity contribution in [2.24, 2.45) is 0 Å². The molecule has 1 rings (SSSR count). The highest BCUT2D eigenvalue weighted by Crippen LogP contribution is 2.11. The van der Waals surface area contributed by atoms with Crippen molar-refractivity contribution in [3.63, 3.8) is 0 Å². The van der Waals surface area contributed by atoms with Crippen LogP contribution in [-0.2, 0) is 0 Å². The van der Waals surface area contributed by atoms with E-state index in [1.54, 1.807) is 12.1 Å². The highest BCUT2D eigenvalue weighted by Gasteiger charge is 2.14. The van der Waals surface area contributed by atoms with E-state index < -0.39 is 0 Å². The Morgan fingerprint density at radius 2 is 2.00 bits per heavy atom. The van der Waals surface area contributed by atoms with Crippen LogP contribution in [0.2, 0.25) is 0 Å². The Labute approximate surface area is 83.8 Å². The van der Waals surface area contributed by atoms with E-state index in [0.29, 0.717) is 5.56 Å². The van der Waals surface area contributed by atoms with Gasteiger partial charge in [0.15, 0.2) is 0 Å². The molecule has 0 bridgehead atoms. The fourth-order valence-electron chi connectivity index (χ4n) is 1.06. The number of rotatable bonds is 1. The third-order valence-corrected chi connectivity index (χ3v) is 1.60. The number of benzene rings is 1. The van der Waals surface area contributed by atoms with Gasteiger partial charge in [-0.15, -0.1) is 0 Å². The number of carbonyl (C=O) groups excluding carboxylic acids is 1. The van der Waals surface area contributed by atoms with Gasteiger partial charge >= 0.3 is 0 Å². The van der Waals surface area contributed by atoms with Crippen LogP contribution >= 0.6 is 0 Å². The van der Waals surface area contributed by atoms with Crippen LogP contribution in [0.3, 0.4) is 0 Å². The van der Waals surface area contributed by atoms with Gasteiger partial charge in [0, 0.05) is 11.1 Å². The Bertz CT molecular complexity index is 339. The Morgan fingerprint density at radius 3 is 2.50 bits per heavy atom. The lowest BCUT2D eigenvalue weighted by atomic mass is 10.1. The predicted octanol–water partition coefficient (Wildman–Crippen LogP) is 1.92. The first-order chi connectivity index (χ1) is 6.38. The maximum atomic E-state index is 11.6. The number of phenols is 1. The Morgan fingerprint density at radius 1 is 1.36 bits per heavy atom. The van der Waals surface area contributed by atoms with Crippen LogP contribution in [0.5, 0.6) is 5.75 Å². The summed E-state index contributed by atoms with van der Waals surface area (Å²) in [5.74, 6) is -0.0695. The van der Waals surface area contributed by atoms with Crippen molar-refractivity contribution in [1.82, 2.24) is 5.32 Å². The zero-order valence-corrected chi connectivity index (χ0v) is 8.66. The minimum Gasteiger partial charge on any atom is -0.508 e. The van der Waals surface area contributed by atoms with E-state index in [9.17, 15) is 9.90 Å². The van der Waals surface area contributed by atoms with Crippen molar-refractivity contribution in [3.8, 4) is 5.75 Å². The predicted molar refractivity (Wildman–Crippen MR) is 55.3 cm³/mol. The van der Waals surface area contributed by atoms with Crippen molar-refractivity contribution in [3.05, 3.63) is 29.8 Å². The van der Waals surface area contributed by atoms with Gasteiger partial charge in [0.1, 0.15) is 5.75 Å². The second-order valence-corrected chi connectivity index (χ2v) is 4.25. The quantitative estimate of drug-likeness (QED) is 0.715. The smallest absolute Gasteiger partial charge is 0.251 e. The molecule has 0 aliphatic heterocycles. The number of hydrogen-bond donors (Lipinski definition) is 2. The molecule has 3 heteroatoms. The van der Waals surface area contributed by atoms with E-state index in [-0.39, 0.29) is 17.2 Å². The molecule has 1 amide bonds. The van der Waals surface area contributed by atoms with Gasteiger partial charge in [-0.3, -0.25) is 4.79 Å². The highest BCUT2D eigenvalue weighted by atomic mass is 16.3. The van der Waals surface area contributed by atoms with Crippen LogP contribution in [-0.4, -0.2) is 16.6 Å². The summed E-state index contributed by atoms with van der Waals surface area (Å²) in [6.45, 7) is 5.73. The van der Waals surface area contributed by atoms with Crippen molar-refractivity contribution >= 4 is 5.91 Å². The maximum absolute atomic E-state index is 11.6. The van der Waals surface area contributed by atoms with Gasteiger partial charge < -0.3 is 10.4 Å². The molecule has 0 saturated carbocycles. The summed E-state index contributed by atoms with van der Waals surface area (Å²) in [4.78, 5) is 11.6. The molecule has 0 unspecified atom stereocenters. The molecule has 0 saturated heterocycles. The monoisotopic (exact) mass is 193 g/mol. The number of phenolic OH excluding ortho intramolecular Hbond substituents is 1. The zero-order valence-electron chi connectivity index (χ0n) is 8.66. The van der Waals surface area contributed by atoms with Crippen molar-refractivity contribution in [1.29, 1.82) is 0 Å². The summed E-state index contributed by atoms with van der Waals surface area (Å²) >= 11 is 0. The topological polar surface area (TPSA) is 49.3 Å². The molecule has 0 aliphatic carbocycles. The zero-order chi connectivity index (χ0) is 10.8. The molecule has 14 heavy (non-hydrogen) atoms. The van der Waals surface area contributed by atoms with Gasteiger partial charge in [0.25, 0.3) is 5.91 Å². The minimum atomic E-state index is -0.261. The van der Waals surface area contributed by atoms with E-state index in [2.05, 4.69) is 5.32 Å². The van der Waals surface area contributed by atoms with Crippen LogP contribution in [0, 0.1) is 0 Å². The van der Waals surface area contributed by atoms with E-state index in [0.717, 1.165) is 0 Å². The fourth-order valence-corrected chi connectivity index (χ4v) is 1.06. The van der Waals surface area contributed by atoms with E-state index in [4.69, 9.17) is 0 Å². The molecule has 0 atom stereocenters. The van der Waals surface area contributed by atoms with Crippen LogP contribution in [0.25, 0.3) is 0 Å². The number of carbonyl (C=O) groups is 1. The average molecular weight is 193 g/mol. The van der Waals surface area contributed by atoms with Gasteiger partial charge in [-0.25, -0.2) is 0 Å². The SMILES string of the molecule is CC(C)(C)NC(=O)c1cccc(O)c1. The van der Waals surface area contributed by atoms with Crippen LogP contribution in [0.1, 0.15) is 31.1 Å². The fraction of sp³-hybridized carbons (Fsp3) is 0.364. The maximum Gasteiger partial charge on any atom is 0.251 e. The van der Waals surface area contributed by atoms with E-state index in [1.165, 1.54) is 12.1 Å². The largest absolute Gasteiger partial charge is 0.508 e. The van der Waals surface area contributed by atoms with Crippen molar-refractivity contribution in [2.75, 3.05) is 0 Å². The molecule has 0 heterocycles. The van der Waals surface area contributed by atoms with Crippen molar-refractivity contribution < 1.29 is 9.90 Å². The van der Waals surface area contributed by atoms with E-state index >= 15 is 0 Å². The summed E-state index contributed by atoms with van der Waals surface area (Å²) in [6, 6.07) is 6.29. The molecule has 0 aromatic heterocycles. The molecule has 0 fully saturated rings. The molecule has 1 aromatic carbocycles. The second-order valence-electron chi connectivity index (χ2n) is 4.25. The summed E-state index contributed by atoms with van der Waals surface area (Å²) in [6.07, 6.45) is 0. The first-order valence-electron chi connectivity index (χ1n) is 4.50. The molecular formula is C11H15NO2. The molecular weight excluding hydrogens is 178 g/mol. The highest BCUT2D eigenvalue weighted by molar-refractivity contribution is 5.94. The van der Waals surface area contributed by atoms with Gasteiger partial charge in [-0.05, 0) is 39.0 Å². The lowest BCUT2D eigenvalue weighted by molar-refractivity contribution is 0.0919. The number of hydrogen-bond acceptors (Lipinski definition) is 2. The number of aromatic hydroxyl groups is 1. The minimum absolute atomic E-state index is 0.103. The summed E-state index contributed by atoms with van der Waals surface area (Å²) in [5, 5.41) is 12.0. The van der Waals surface area contributed by atoms with Gasteiger partial charge in [-0.2, -0.15) is 0 Å². The summed E-state index contributed by atoms with van der Waals surface area (Å²) in [5.41, 5.74) is 0.211. The standard InChI is InChI=1S/C11H15NO2/c1-11(2,3)12-10(14)8-5-4-6-9(13)7-8/h4-7,13H,1-3H3,(H,12,14). The molecule has 2 N–H and O–H groups in total. The molecule has 3 nitrogen and oxygen atoms in total. The molecule has 0 radical (unpaired) electrons. The normalized spacial score (nSPS) is 11.1. The van der Waals surface area contributed by atoms with E-state index in [1.807, 2.05) is 20.8 Å². The van der Waals surface area contributed by atoms with Crippen LogP contribution in [0.4, 0.5) is 0 Å². The van der Waals surface area contributed by atoms with Crippen LogP contribution < -0.4 is 5.32 Å². The Hall–Kier alpha value is -1.51. The molecule has 1 aromatic rings. The Balaban J connectivity index is 2.80. The first kappa shape index (κ1) is 10.6. The van der Waals surface area contributed by atoms with Crippen LogP contribution in [0.15, 0.2) is 24.3 Å². The molecule has 0 aliphatic rings. The van der Waals surface area contributed by atoms with Crippen molar-refractivity contribution in [2.45, 2.75) is 26.3 Å². The summed E-state index contributed by atoms with van der Waals surface area (Å²) in [7, 11) is 0. The third-order valence-electron chi connectivity index (χ3n) is 1.60.